The topological polar surface area (TPSA) is 40.9 Å². The summed E-state index contributed by atoms with van der Waals surface area (Å²) in [7, 11) is 0. The van der Waals surface area contributed by atoms with Gasteiger partial charge in [0.05, 0.1) is 5.56 Å². The van der Waals surface area contributed by atoms with Gasteiger partial charge >= 0.3 is 6.18 Å². The molecular formula is C17H10F3NO. The molecule has 110 valence electrons. The maximum absolute atomic E-state index is 12.7. The monoisotopic (exact) mass is 301 g/mol. The number of Topliss-reactive ketones (excluding diaryl/α,β-unsaturated/α-hetero) is 1. The number of carbonyl (C=O) groups is 1. The van der Waals surface area contributed by atoms with Crippen molar-refractivity contribution in [2.45, 2.75) is 6.18 Å². The van der Waals surface area contributed by atoms with Crippen LogP contribution >= 0.6 is 0 Å². The number of nitriles is 1. The van der Waals surface area contributed by atoms with Gasteiger partial charge in [-0.2, -0.15) is 18.4 Å². The molecule has 0 aromatic heterocycles. The average Bonchev–Trinajstić information content (AvgIpc) is 2.52. The van der Waals surface area contributed by atoms with Crippen molar-refractivity contribution in [3.63, 3.8) is 0 Å². The first-order chi connectivity index (χ1) is 10.4. The molecule has 2 rings (SSSR count). The second-order valence-corrected chi connectivity index (χ2v) is 4.49. The minimum atomic E-state index is -4.47. The quantitative estimate of drug-likeness (QED) is 0.476. The van der Waals surface area contributed by atoms with Crippen LogP contribution in [0.1, 0.15) is 21.5 Å². The molecule has 2 aromatic carbocycles. The lowest BCUT2D eigenvalue weighted by molar-refractivity contribution is -0.137. The van der Waals surface area contributed by atoms with E-state index in [4.69, 9.17) is 5.26 Å². The number of benzene rings is 2. The van der Waals surface area contributed by atoms with E-state index in [1.54, 1.807) is 36.4 Å². The molecule has 0 spiro atoms. The average molecular weight is 301 g/mol. The van der Waals surface area contributed by atoms with Gasteiger partial charge in [-0.1, -0.05) is 42.5 Å². The van der Waals surface area contributed by atoms with Gasteiger partial charge in [0.15, 0.2) is 0 Å². The smallest absolute Gasteiger partial charge is 0.288 e. The number of ketones is 1. The summed E-state index contributed by atoms with van der Waals surface area (Å²) in [6.07, 6.45) is -3.31. The molecule has 0 saturated carbocycles. The molecule has 5 heteroatoms. The first kappa shape index (κ1) is 15.5. The summed E-state index contributed by atoms with van der Waals surface area (Å²) in [5, 5.41) is 9.09. The second kappa shape index (κ2) is 6.27. The molecule has 0 saturated heterocycles. The van der Waals surface area contributed by atoms with Crippen molar-refractivity contribution in [1.29, 1.82) is 5.26 Å². The van der Waals surface area contributed by atoms with Crippen molar-refractivity contribution in [2.24, 2.45) is 0 Å². The molecule has 22 heavy (non-hydrogen) atoms. The van der Waals surface area contributed by atoms with Crippen LogP contribution in [-0.2, 0) is 6.18 Å². The molecule has 0 N–H and O–H groups in total. The Morgan fingerprint density at radius 1 is 1.05 bits per heavy atom. The van der Waals surface area contributed by atoms with E-state index in [-0.39, 0.29) is 11.1 Å². The van der Waals surface area contributed by atoms with E-state index in [1.165, 1.54) is 12.1 Å². The maximum Gasteiger partial charge on any atom is 0.416 e. The van der Waals surface area contributed by atoms with E-state index in [9.17, 15) is 18.0 Å². The Bertz CT molecular complexity index is 755. The van der Waals surface area contributed by atoms with E-state index >= 15 is 0 Å². The molecular weight excluding hydrogens is 291 g/mol. The fraction of sp³-hybridized carbons (Fsp3) is 0.0588. The van der Waals surface area contributed by atoms with E-state index in [0.717, 1.165) is 18.2 Å². The molecule has 0 bridgehead atoms. The molecule has 0 fully saturated rings. The summed E-state index contributed by atoms with van der Waals surface area (Å²) in [4.78, 5) is 12.1. The number of alkyl halides is 3. The van der Waals surface area contributed by atoms with Gasteiger partial charge in [0.25, 0.3) is 0 Å². The highest BCUT2D eigenvalue weighted by atomic mass is 19.4. The van der Waals surface area contributed by atoms with E-state index in [1.807, 2.05) is 0 Å². The van der Waals surface area contributed by atoms with Gasteiger partial charge in [0.1, 0.15) is 11.6 Å². The molecule has 2 nitrogen and oxygen atoms in total. The first-order valence-electron chi connectivity index (χ1n) is 6.30. The lowest BCUT2D eigenvalue weighted by Crippen LogP contribution is -2.05. The number of hydrogen-bond acceptors (Lipinski definition) is 2. The predicted octanol–water partition coefficient (Wildman–Crippen LogP) is 4.50. The summed E-state index contributed by atoms with van der Waals surface area (Å²) >= 11 is 0. The Labute approximate surface area is 125 Å². The van der Waals surface area contributed by atoms with E-state index < -0.39 is 17.5 Å². The number of carbonyl (C=O) groups excluding carboxylic acids is 1. The highest BCUT2D eigenvalue weighted by Crippen LogP contribution is 2.30. The number of allylic oxidation sites excluding steroid dienone is 1. The lowest BCUT2D eigenvalue weighted by Gasteiger charge is -2.07. The summed E-state index contributed by atoms with van der Waals surface area (Å²) in [5.41, 5.74) is -0.589. The fourth-order valence-electron chi connectivity index (χ4n) is 1.87. The van der Waals surface area contributed by atoms with Crippen LogP contribution < -0.4 is 0 Å². The highest BCUT2D eigenvalue weighted by Gasteiger charge is 2.30. The first-order valence-corrected chi connectivity index (χ1v) is 6.30. The zero-order valence-electron chi connectivity index (χ0n) is 11.3. The standard InChI is InChI=1S/C17H10F3NO/c18-17(19,20)15-8-4-5-12(10-15)9-14(11-21)16(22)13-6-2-1-3-7-13/h1-10H. The fourth-order valence-corrected chi connectivity index (χ4v) is 1.87. The van der Waals surface area contributed by atoms with Gasteiger partial charge in [0.2, 0.25) is 5.78 Å². The molecule has 2 aromatic rings. The molecule has 0 radical (unpaired) electrons. The van der Waals surface area contributed by atoms with Crippen molar-refractivity contribution in [2.75, 3.05) is 0 Å². The summed E-state index contributed by atoms with van der Waals surface area (Å²) in [5.74, 6) is -0.527. The molecule has 0 aliphatic heterocycles. The third-order valence-corrected chi connectivity index (χ3v) is 2.93. The summed E-state index contributed by atoms with van der Waals surface area (Å²) < 4.78 is 38.0. The molecule has 0 amide bonds. The Morgan fingerprint density at radius 2 is 1.73 bits per heavy atom. The Morgan fingerprint density at radius 3 is 2.32 bits per heavy atom. The van der Waals surface area contributed by atoms with Gasteiger partial charge in [-0.3, -0.25) is 4.79 Å². The highest BCUT2D eigenvalue weighted by molar-refractivity contribution is 6.14. The molecule has 0 aliphatic rings. The molecule has 0 unspecified atom stereocenters. The van der Waals surface area contributed by atoms with E-state index in [0.29, 0.717) is 5.56 Å². The maximum atomic E-state index is 12.7. The van der Waals surface area contributed by atoms with Gasteiger partial charge in [-0.25, -0.2) is 0 Å². The summed E-state index contributed by atoms with van der Waals surface area (Å²) in [6, 6.07) is 14.3. The molecule has 0 atom stereocenters. The Hall–Kier alpha value is -2.87. The van der Waals surface area contributed by atoms with Crippen molar-refractivity contribution in [3.8, 4) is 6.07 Å². The van der Waals surface area contributed by atoms with Crippen LogP contribution in [0.25, 0.3) is 6.08 Å². The zero-order valence-corrected chi connectivity index (χ0v) is 11.3. The van der Waals surface area contributed by atoms with Crippen LogP contribution in [0.4, 0.5) is 13.2 Å². The van der Waals surface area contributed by atoms with Gasteiger partial charge in [0, 0.05) is 5.56 Å². The summed E-state index contributed by atoms with van der Waals surface area (Å²) in [6.45, 7) is 0. The van der Waals surface area contributed by atoms with Crippen molar-refractivity contribution < 1.29 is 18.0 Å². The minimum Gasteiger partial charge on any atom is -0.288 e. The van der Waals surface area contributed by atoms with Crippen LogP contribution in [-0.4, -0.2) is 5.78 Å². The third-order valence-electron chi connectivity index (χ3n) is 2.93. The number of hydrogen-bond donors (Lipinski definition) is 0. The van der Waals surface area contributed by atoms with Gasteiger partial charge in [-0.15, -0.1) is 0 Å². The van der Waals surface area contributed by atoms with Crippen LogP contribution in [0.2, 0.25) is 0 Å². The predicted molar refractivity (Wildman–Crippen MR) is 75.8 cm³/mol. The number of halogens is 3. The minimum absolute atomic E-state index is 0.149. The van der Waals surface area contributed by atoms with E-state index in [2.05, 4.69) is 0 Å². The Kier molecular flexibility index (Phi) is 4.42. The van der Waals surface area contributed by atoms with Crippen molar-refractivity contribution >= 4 is 11.9 Å². The molecule has 0 heterocycles. The lowest BCUT2D eigenvalue weighted by atomic mass is 10.0. The normalized spacial score (nSPS) is 11.8. The van der Waals surface area contributed by atoms with Crippen molar-refractivity contribution in [3.05, 3.63) is 76.9 Å². The van der Waals surface area contributed by atoms with Gasteiger partial charge < -0.3 is 0 Å². The van der Waals surface area contributed by atoms with Gasteiger partial charge in [-0.05, 0) is 23.8 Å². The SMILES string of the molecule is N#CC(=Cc1cccc(C(F)(F)F)c1)C(=O)c1ccccc1. The van der Waals surface area contributed by atoms with Crippen molar-refractivity contribution in [1.82, 2.24) is 0 Å². The number of nitrogens with zero attached hydrogens (tertiary/aromatic N) is 1. The van der Waals surface area contributed by atoms with Crippen LogP contribution in [0.3, 0.4) is 0 Å². The van der Waals surface area contributed by atoms with Crippen LogP contribution in [0, 0.1) is 11.3 Å². The zero-order chi connectivity index (χ0) is 16.2. The third kappa shape index (κ3) is 3.61. The van der Waals surface area contributed by atoms with Crippen LogP contribution in [0.15, 0.2) is 60.2 Å². The number of rotatable bonds is 3. The largest absolute Gasteiger partial charge is 0.416 e. The Balaban J connectivity index is 2.38. The van der Waals surface area contributed by atoms with Crippen LogP contribution in [0.5, 0.6) is 0 Å². The second-order valence-electron chi connectivity index (χ2n) is 4.49. The molecule has 0 aliphatic carbocycles.